The van der Waals surface area contributed by atoms with Gasteiger partial charge in [-0.2, -0.15) is 0 Å². The van der Waals surface area contributed by atoms with E-state index < -0.39 is 12.1 Å². The molecule has 0 amide bonds. The number of anilines is 1. The van der Waals surface area contributed by atoms with Gasteiger partial charge in [0.1, 0.15) is 11.3 Å². The summed E-state index contributed by atoms with van der Waals surface area (Å²) in [6.07, 6.45) is 0.715. The van der Waals surface area contributed by atoms with Crippen LogP contribution >= 0.6 is 0 Å². The first-order valence-electron chi connectivity index (χ1n) is 6.15. The van der Waals surface area contributed by atoms with Gasteiger partial charge in [0, 0.05) is 18.1 Å². The zero-order valence-electron chi connectivity index (χ0n) is 11.3. The Kier molecular flexibility index (Phi) is 4.05. The van der Waals surface area contributed by atoms with Crippen LogP contribution in [0.5, 0.6) is 5.75 Å². The van der Waals surface area contributed by atoms with Crippen LogP contribution in [0.15, 0.2) is 24.4 Å². The zero-order valence-corrected chi connectivity index (χ0v) is 11.3. The van der Waals surface area contributed by atoms with Gasteiger partial charge < -0.3 is 20.3 Å². The zero-order chi connectivity index (χ0) is 14.7. The number of aliphatic hydroxyl groups excluding tert-OH is 1. The molecule has 2 rings (SSSR count). The number of hydrogen-bond donors (Lipinski definition) is 3. The van der Waals surface area contributed by atoms with Crippen molar-refractivity contribution in [2.24, 2.45) is 0 Å². The van der Waals surface area contributed by atoms with E-state index in [9.17, 15) is 15.0 Å². The smallest absolute Gasteiger partial charge is 0.339 e. The van der Waals surface area contributed by atoms with Gasteiger partial charge in [0.05, 0.1) is 24.4 Å². The molecule has 0 saturated carbocycles. The van der Waals surface area contributed by atoms with Crippen molar-refractivity contribution in [3.63, 3.8) is 0 Å². The maximum absolute atomic E-state index is 11.3. The van der Waals surface area contributed by atoms with E-state index in [1.807, 2.05) is 0 Å². The largest absolute Gasteiger partial charge is 0.497 e. The topological polar surface area (TPSA) is 91.7 Å². The van der Waals surface area contributed by atoms with Crippen molar-refractivity contribution in [3.8, 4) is 5.75 Å². The monoisotopic (exact) mass is 276 g/mol. The molecule has 1 heterocycles. The minimum atomic E-state index is -1.07. The Bertz CT molecular complexity index is 640. The third-order valence-electron chi connectivity index (χ3n) is 2.88. The molecule has 2 aromatic rings. The van der Waals surface area contributed by atoms with E-state index in [0.29, 0.717) is 22.3 Å². The van der Waals surface area contributed by atoms with E-state index in [0.717, 1.165) is 0 Å². The maximum atomic E-state index is 11.3. The number of aromatic carboxylic acids is 1. The molecule has 1 aromatic carbocycles. The molecule has 0 bridgehead atoms. The standard InChI is InChI=1S/C14H16N2O4/c1-8(17)6-16-13-10-5-9(20-2)3-4-12(10)15-7-11(13)14(18)19/h3-5,7-8,17H,6H2,1-2H3,(H,15,16)(H,18,19)/t8-/m1/s1. The molecule has 1 atom stereocenters. The number of carbonyl (C=O) groups is 1. The fourth-order valence-corrected chi connectivity index (χ4v) is 1.90. The molecule has 6 nitrogen and oxygen atoms in total. The van der Waals surface area contributed by atoms with E-state index in [1.165, 1.54) is 6.20 Å². The number of carboxylic acid groups (broad SMARTS) is 1. The summed E-state index contributed by atoms with van der Waals surface area (Å²) in [4.78, 5) is 15.4. The third-order valence-corrected chi connectivity index (χ3v) is 2.88. The van der Waals surface area contributed by atoms with Gasteiger partial charge in [-0.25, -0.2) is 4.79 Å². The Hall–Kier alpha value is -2.34. The van der Waals surface area contributed by atoms with E-state index in [1.54, 1.807) is 32.2 Å². The van der Waals surface area contributed by atoms with Gasteiger partial charge in [0.2, 0.25) is 0 Å². The predicted molar refractivity (Wildman–Crippen MR) is 75.4 cm³/mol. The second-order valence-electron chi connectivity index (χ2n) is 4.47. The van der Waals surface area contributed by atoms with E-state index in [-0.39, 0.29) is 12.1 Å². The van der Waals surface area contributed by atoms with E-state index >= 15 is 0 Å². The van der Waals surface area contributed by atoms with Gasteiger partial charge >= 0.3 is 5.97 Å². The van der Waals surface area contributed by atoms with Gasteiger partial charge in [0.25, 0.3) is 0 Å². The molecular weight excluding hydrogens is 260 g/mol. The number of nitrogens with one attached hydrogen (secondary N) is 1. The summed E-state index contributed by atoms with van der Waals surface area (Å²) >= 11 is 0. The van der Waals surface area contributed by atoms with Crippen molar-refractivity contribution in [1.29, 1.82) is 0 Å². The molecule has 0 unspecified atom stereocenters. The molecule has 0 spiro atoms. The van der Waals surface area contributed by atoms with Crippen LogP contribution in [-0.2, 0) is 0 Å². The lowest BCUT2D eigenvalue weighted by Gasteiger charge is -2.14. The summed E-state index contributed by atoms with van der Waals surface area (Å²) < 4.78 is 5.15. The highest BCUT2D eigenvalue weighted by Crippen LogP contribution is 2.29. The summed E-state index contributed by atoms with van der Waals surface area (Å²) in [6.45, 7) is 1.87. The van der Waals surface area contributed by atoms with Crippen molar-refractivity contribution in [2.45, 2.75) is 13.0 Å². The van der Waals surface area contributed by atoms with Crippen LogP contribution in [-0.4, -0.2) is 40.9 Å². The number of rotatable bonds is 5. The van der Waals surface area contributed by atoms with Gasteiger partial charge in [-0.3, -0.25) is 4.98 Å². The van der Waals surface area contributed by atoms with Crippen molar-refractivity contribution in [2.75, 3.05) is 19.0 Å². The van der Waals surface area contributed by atoms with Crippen LogP contribution in [0.4, 0.5) is 5.69 Å². The molecule has 106 valence electrons. The molecule has 3 N–H and O–H groups in total. The van der Waals surface area contributed by atoms with Crippen molar-refractivity contribution in [1.82, 2.24) is 4.98 Å². The average molecular weight is 276 g/mol. The lowest BCUT2D eigenvalue weighted by Crippen LogP contribution is -2.17. The van der Waals surface area contributed by atoms with Gasteiger partial charge in [-0.15, -0.1) is 0 Å². The van der Waals surface area contributed by atoms with Crippen molar-refractivity contribution >= 4 is 22.6 Å². The van der Waals surface area contributed by atoms with E-state index in [2.05, 4.69) is 10.3 Å². The van der Waals surface area contributed by atoms with Gasteiger partial charge in [-0.05, 0) is 25.1 Å². The number of aliphatic hydroxyl groups is 1. The number of pyridine rings is 1. The molecule has 0 fully saturated rings. The Balaban J connectivity index is 2.61. The van der Waals surface area contributed by atoms with E-state index in [4.69, 9.17) is 4.74 Å². The van der Waals surface area contributed by atoms with Crippen LogP contribution in [0.1, 0.15) is 17.3 Å². The summed E-state index contributed by atoms with van der Waals surface area (Å²) in [5.41, 5.74) is 1.15. The molecule has 0 saturated heterocycles. The fraction of sp³-hybridized carbons (Fsp3) is 0.286. The Morgan fingerprint density at radius 1 is 1.50 bits per heavy atom. The molecule has 20 heavy (non-hydrogen) atoms. The molecule has 0 radical (unpaired) electrons. The van der Waals surface area contributed by atoms with Crippen molar-refractivity contribution in [3.05, 3.63) is 30.0 Å². The first-order chi connectivity index (χ1) is 9.52. The van der Waals surface area contributed by atoms with Crippen LogP contribution in [0.3, 0.4) is 0 Å². The number of ether oxygens (including phenoxy) is 1. The maximum Gasteiger partial charge on any atom is 0.339 e. The number of benzene rings is 1. The Morgan fingerprint density at radius 3 is 2.85 bits per heavy atom. The molecule has 0 aliphatic rings. The molecule has 6 heteroatoms. The highest BCUT2D eigenvalue weighted by Gasteiger charge is 2.15. The van der Waals surface area contributed by atoms with Gasteiger partial charge in [-0.1, -0.05) is 0 Å². The number of methoxy groups -OCH3 is 1. The normalized spacial score (nSPS) is 12.2. The van der Waals surface area contributed by atoms with Crippen LogP contribution in [0.2, 0.25) is 0 Å². The number of nitrogens with zero attached hydrogens (tertiary/aromatic N) is 1. The quantitative estimate of drug-likeness (QED) is 0.770. The number of aromatic nitrogens is 1. The van der Waals surface area contributed by atoms with Crippen LogP contribution in [0, 0.1) is 0 Å². The second-order valence-corrected chi connectivity index (χ2v) is 4.47. The minimum Gasteiger partial charge on any atom is -0.497 e. The van der Waals surface area contributed by atoms with Crippen molar-refractivity contribution < 1.29 is 19.7 Å². The summed E-state index contributed by atoms with van der Waals surface area (Å²) in [7, 11) is 1.54. The first-order valence-corrected chi connectivity index (χ1v) is 6.15. The number of carboxylic acids is 1. The summed E-state index contributed by atoms with van der Waals surface area (Å²) in [5.74, 6) is -0.461. The molecular formula is C14H16N2O4. The minimum absolute atomic E-state index is 0.0615. The molecule has 1 aromatic heterocycles. The summed E-state index contributed by atoms with van der Waals surface area (Å²) in [5, 5.41) is 22.2. The van der Waals surface area contributed by atoms with Crippen LogP contribution < -0.4 is 10.1 Å². The lowest BCUT2D eigenvalue weighted by molar-refractivity contribution is 0.0697. The highest BCUT2D eigenvalue weighted by atomic mass is 16.5. The summed E-state index contributed by atoms with van der Waals surface area (Å²) in [6, 6.07) is 5.24. The third kappa shape index (κ3) is 2.80. The van der Waals surface area contributed by atoms with Gasteiger partial charge in [0.15, 0.2) is 0 Å². The predicted octanol–water partition coefficient (Wildman–Crippen LogP) is 1.73. The highest BCUT2D eigenvalue weighted by molar-refractivity contribution is 6.04. The Morgan fingerprint density at radius 2 is 2.25 bits per heavy atom. The molecule has 0 aliphatic carbocycles. The Labute approximate surface area is 116 Å². The average Bonchev–Trinajstić information content (AvgIpc) is 2.43. The molecule has 0 aliphatic heterocycles. The first kappa shape index (κ1) is 14.1. The lowest BCUT2D eigenvalue weighted by atomic mass is 10.1. The fourth-order valence-electron chi connectivity index (χ4n) is 1.90. The number of fused-ring (bicyclic) bond motifs is 1. The SMILES string of the molecule is COc1ccc2ncc(C(=O)O)c(NC[C@@H](C)O)c2c1. The second kappa shape index (κ2) is 5.75. The van der Waals surface area contributed by atoms with Crippen LogP contribution in [0.25, 0.3) is 10.9 Å². The number of hydrogen-bond acceptors (Lipinski definition) is 5.